The highest BCUT2D eigenvalue weighted by molar-refractivity contribution is 6.31. The normalized spacial score (nSPS) is 11.8. The van der Waals surface area contributed by atoms with E-state index in [4.69, 9.17) is 25.6 Å². The van der Waals surface area contributed by atoms with Crippen LogP contribution < -0.4 is 20.5 Å². The lowest BCUT2D eigenvalue weighted by Gasteiger charge is -2.18. The number of rotatable bonds is 21. The number of hydrogen-bond acceptors (Lipinski definition) is 8. The number of fused-ring (bicyclic) bond motifs is 1. The van der Waals surface area contributed by atoms with Crippen LogP contribution in [0.25, 0.3) is 11.0 Å². The molecule has 0 fully saturated rings. The summed E-state index contributed by atoms with van der Waals surface area (Å²) in [4.78, 5) is 42.8. The smallest absolute Gasteiger partial charge is 0.335 e. The fourth-order valence-electron chi connectivity index (χ4n) is 6.19. The number of para-hydroxylation sites is 1. The first-order valence-electron chi connectivity index (χ1n) is 18.2. The van der Waals surface area contributed by atoms with E-state index in [1.807, 2.05) is 30.3 Å². The van der Waals surface area contributed by atoms with Crippen LogP contribution in [0.5, 0.6) is 17.5 Å². The first kappa shape index (κ1) is 38.2. The van der Waals surface area contributed by atoms with Gasteiger partial charge < -0.3 is 24.4 Å². The standard InChI is InChI=1S/C40H47ClN4O7/c1-3-5-6-7-8-9-10-11-12-18-25-51-33-24-23-29(41)26-31(33)42-37(47)35(36(46)34-30-21-16-17-22-32(30)52-43-34)45-38(48)39(50-4-2)44(40(45)49)27-28-19-14-13-15-20-28/h13-17,19-24,26,35,48H,3-12,18,25,27H2,1-2H3,(H,42,47). The number of carbonyl (C=O) groups is 2. The Balaban J connectivity index is 1.41. The van der Waals surface area contributed by atoms with Crippen LogP contribution in [0.15, 0.2) is 82.1 Å². The Morgan fingerprint density at radius 1 is 0.885 bits per heavy atom. The quantitative estimate of drug-likeness (QED) is 0.0434. The molecule has 0 aliphatic carbocycles. The van der Waals surface area contributed by atoms with E-state index in [0.717, 1.165) is 29.4 Å². The van der Waals surface area contributed by atoms with Gasteiger partial charge in [0.1, 0.15) is 5.75 Å². The van der Waals surface area contributed by atoms with Gasteiger partial charge in [-0.05, 0) is 49.2 Å². The number of amides is 1. The third kappa shape index (κ3) is 9.44. The third-order valence-electron chi connectivity index (χ3n) is 8.89. The Morgan fingerprint density at radius 2 is 1.56 bits per heavy atom. The maximum atomic E-state index is 14.4. The van der Waals surface area contributed by atoms with Gasteiger partial charge in [-0.1, -0.05) is 124 Å². The van der Waals surface area contributed by atoms with E-state index < -0.39 is 29.3 Å². The summed E-state index contributed by atoms with van der Waals surface area (Å²) >= 11 is 6.35. The molecule has 1 atom stereocenters. The summed E-state index contributed by atoms with van der Waals surface area (Å²) in [6.07, 6.45) is 11.8. The lowest BCUT2D eigenvalue weighted by molar-refractivity contribution is -0.118. The Kier molecular flexibility index (Phi) is 14.0. The first-order valence-corrected chi connectivity index (χ1v) is 18.5. The van der Waals surface area contributed by atoms with Crippen LogP contribution in [-0.2, 0) is 11.3 Å². The Bertz CT molecular complexity index is 1980. The van der Waals surface area contributed by atoms with Gasteiger partial charge in [-0.15, -0.1) is 0 Å². The van der Waals surface area contributed by atoms with Crippen LogP contribution in [0.1, 0.15) is 100 Å². The summed E-state index contributed by atoms with van der Waals surface area (Å²) in [6, 6.07) is 18.6. The zero-order chi connectivity index (χ0) is 36.9. The van der Waals surface area contributed by atoms with E-state index in [2.05, 4.69) is 17.4 Å². The molecule has 0 saturated carbocycles. The van der Waals surface area contributed by atoms with Gasteiger partial charge in [-0.3, -0.25) is 14.2 Å². The predicted molar refractivity (Wildman–Crippen MR) is 202 cm³/mol. The van der Waals surface area contributed by atoms with Crippen LogP contribution in [-0.4, -0.2) is 44.3 Å². The van der Waals surface area contributed by atoms with Crippen molar-refractivity contribution in [1.82, 2.24) is 14.3 Å². The molecule has 2 heterocycles. The van der Waals surface area contributed by atoms with Crippen molar-refractivity contribution in [2.45, 2.75) is 90.6 Å². The second-order valence-corrected chi connectivity index (χ2v) is 13.2. The molecule has 0 spiro atoms. The molecule has 5 aromatic rings. The number of Topliss-reactive ketones (excluding diaryl/α,β-unsaturated/α-hetero) is 1. The summed E-state index contributed by atoms with van der Waals surface area (Å²) in [7, 11) is 0. The van der Waals surface area contributed by atoms with Crippen LogP contribution in [0.2, 0.25) is 5.02 Å². The number of nitrogens with zero attached hydrogens (tertiary/aromatic N) is 3. The maximum absolute atomic E-state index is 14.4. The monoisotopic (exact) mass is 730 g/mol. The van der Waals surface area contributed by atoms with E-state index >= 15 is 0 Å². The maximum Gasteiger partial charge on any atom is 0.335 e. The molecule has 0 aliphatic heterocycles. The highest BCUT2D eigenvalue weighted by Crippen LogP contribution is 2.34. The minimum Gasteiger partial charge on any atom is -0.491 e. The van der Waals surface area contributed by atoms with Crippen molar-refractivity contribution in [2.24, 2.45) is 0 Å². The first-order chi connectivity index (χ1) is 25.3. The molecule has 0 aliphatic rings. The molecule has 0 bridgehead atoms. The largest absolute Gasteiger partial charge is 0.491 e. The molecule has 11 nitrogen and oxygen atoms in total. The minimum absolute atomic E-state index is 0.0101. The summed E-state index contributed by atoms with van der Waals surface area (Å²) in [5.74, 6) is -2.34. The molecule has 2 aromatic heterocycles. The van der Waals surface area contributed by atoms with Gasteiger partial charge in [0.05, 0.1) is 30.8 Å². The van der Waals surface area contributed by atoms with Gasteiger partial charge >= 0.3 is 5.69 Å². The van der Waals surface area contributed by atoms with Gasteiger partial charge in [-0.25, -0.2) is 9.36 Å². The van der Waals surface area contributed by atoms with Crippen molar-refractivity contribution < 1.29 is 28.7 Å². The van der Waals surface area contributed by atoms with Gasteiger partial charge in [0.2, 0.25) is 5.78 Å². The van der Waals surface area contributed by atoms with Crippen LogP contribution in [0.3, 0.4) is 0 Å². The topological polar surface area (TPSA) is 138 Å². The lowest BCUT2D eigenvalue weighted by Crippen LogP contribution is -2.39. The highest BCUT2D eigenvalue weighted by atomic mass is 35.5. The highest BCUT2D eigenvalue weighted by Gasteiger charge is 2.39. The number of imidazole rings is 1. The molecule has 1 unspecified atom stereocenters. The van der Waals surface area contributed by atoms with E-state index in [9.17, 15) is 19.5 Å². The molecule has 276 valence electrons. The second-order valence-electron chi connectivity index (χ2n) is 12.7. The fraction of sp³-hybridized carbons (Fsp3) is 0.400. The van der Waals surface area contributed by atoms with Crippen molar-refractivity contribution in [3.8, 4) is 17.5 Å². The van der Waals surface area contributed by atoms with Crippen molar-refractivity contribution in [3.05, 3.63) is 99.6 Å². The summed E-state index contributed by atoms with van der Waals surface area (Å²) in [5.41, 5.74) is 0.235. The fourth-order valence-corrected chi connectivity index (χ4v) is 6.37. The second kappa shape index (κ2) is 19.0. The zero-order valence-electron chi connectivity index (χ0n) is 29.8. The molecule has 1 amide bonds. The molecule has 2 N–H and O–H groups in total. The van der Waals surface area contributed by atoms with Crippen molar-refractivity contribution in [1.29, 1.82) is 0 Å². The molecule has 5 rings (SSSR count). The predicted octanol–water partition coefficient (Wildman–Crippen LogP) is 8.96. The molecular formula is C40H47ClN4O7. The average Bonchev–Trinajstić information content (AvgIpc) is 3.67. The number of nitrogens with one attached hydrogen (secondary N) is 1. The number of unbranched alkanes of at least 4 members (excludes halogenated alkanes) is 9. The van der Waals surface area contributed by atoms with Crippen molar-refractivity contribution >= 4 is 39.9 Å². The number of hydrogen-bond donors (Lipinski definition) is 2. The molecule has 0 saturated heterocycles. The SMILES string of the molecule is CCCCCCCCCCCCOc1ccc(Cl)cc1NC(=O)C(C(=O)c1noc2ccccc12)n1c(O)c(OCC)n(Cc2ccccc2)c1=O. The van der Waals surface area contributed by atoms with E-state index in [1.165, 1.54) is 55.6 Å². The van der Waals surface area contributed by atoms with Crippen LogP contribution in [0, 0.1) is 0 Å². The number of anilines is 1. The van der Waals surface area contributed by atoms with Crippen molar-refractivity contribution in [2.75, 3.05) is 18.5 Å². The zero-order valence-corrected chi connectivity index (χ0v) is 30.6. The molecule has 0 radical (unpaired) electrons. The summed E-state index contributed by atoms with van der Waals surface area (Å²) in [6.45, 7) is 4.45. The van der Waals surface area contributed by atoms with E-state index in [0.29, 0.717) is 28.3 Å². The Hall–Kier alpha value is -5.03. The summed E-state index contributed by atoms with van der Waals surface area (Å²) < 4.78 is 19.1. The Morgan fingerprint density at radius 3 is 2.27 bits per heavy atom. The number of carbonyl (C=O) groups excluding carboxylic acids is 2. The minimum atomic E-state index is -1.92. The Labute approximate surface area is 308 Å². The number of ether oxygens (including phenoxy) is 2. The number of halogens is 1. The molecule has 3 aromatic carbocycles. The number of benzene rings is 3. The van der Waals surface area contributed by atoms with Gasteiger partial charge in [-0.2, -0.15) is 0 Å². The molecular weight excluding hydrogens is 684 g/mol. The van der Waals surface area contributed by atoms with Gasteiger partial charge in [0.25, 0.3) is 17.7 Å². The van der Waals surface area contributed by atoms with Crippen LogP contribution in [0.4, 0.5) is 5.69 Å². The summed E-state index contributed by atoms with van der Waals surface area (Å²) in [5, 5.41) is 18.9. The number of ketones is 1. The van der Waals surface area contributed by atoms with Crippen LogP contribution >= 0.6 is 11.6 Å². The number of aromatic nitrogens is 3. The average molecular weight is 731 g/mol. The van der Waals surface area contributed by atoms with E-state index in [-0.39, 0.29) is 30.4 Å². The van der Waals surface area contributed by atoms with Gasteiger partial charge in [0, 0.05) is 5.02 Å². The third-order valence-corrected chi connectivity index (χ3v) is 9.12. The number of aromatic hydroxyl groups is 1. The lowest BCUT2D eigenvalue weighted by atomic mass is 10.0. The molecule has 52 heavy (non-hydrogen) atoms. The van der Waals surface area contributed by atoms with Gasteiger partial charge in [0.15, 0.2) is 17.3 Å². The van der Waals surface area contributed by atoms with E-state index in [1.54, 1.807) is 43.3 Å². The van der Waals surface area contributed by atoms with Crippen molar-refractivity contribution in [3.63, 3.8) is 0 Å². The molecule has 12 heteroatoms.